The van der Waals surface area contributed by atoms with Crippen LogP contribution in [0.1, 0.15) is 19.8 Å². The van der Waals surface area contributed by atoms with Gasteiger partial charge in [-0.2, -0.15) is 0 Å². The van der Waals surface area contributed by atoms with Crippen molar-refractivity contribution in [2.75, 3.05) is 54.2 Å². The molecule has 0 aromatic carbocycles. The van der Waals surface area contributed by atoms with Crippen molar-refractivity contribution in [3.05, 3.63) is 23.9 Å². The minimum absolute atomic E-state index is 0.0371. The summed E-state index contributed by atoms with van der Waals surface area (Å²) in [5, 5.41) is 3.29. The van der Waals surface area contributed by atoms with E-state index in [0.717, 1.165) is 6.42 Å². The number of nitrogens with two attached hydrogens (primary N) is 1. The Balaban J connectivity index is 1.87. The van der Waals surface area contributed by atoms with Crippen LogP contribution in [0.2, 0.25) is 0 Å². The number of allylic oxidation sites excluding steroid dienone is 1. The van der Waals surface area contributed by atoms with E-state index in [1.165, 1.54) is 7.11 Å². The molecule has 0 radical (unpaired) electrons. The van der Waals surface area contributed by atoms with E-state index in [1.54, 1.807) is 27.4 Å². The Hall–Kier alpha value is -2.34. The number of amidine groups is 1. The zero-order valence-corrected chi connectivity index (χ0v) is 20.5. The Labute approximate surface area is 200 Å². The highest BCUT2D eigenvalue weighted by atomic mass is 19.1. The summed E-state index contributed by atoms with van der Waals surface area (Å²) in [6, 6.07) is -0.223. The minimum atomic E-state index is -0.505. The van der Waals surface area contributed by atoms with Crippen LogP contribution in [0.15, 0.2) is 38.8 Å². The molecule has 3 N–H and O–H groups in total. The Morgan fingerprint density at radius 3 is 2.79 bits per heavy atom. The van der Waals surface area contributed by atoms with Gasteiger partial charge in [0.25, 0.3) is 0 Å². The second-order valence-electron chi connectivity index (χ2n) is 8.67. The molecule has 3 aliphatic heterocycles. The molecule has 4 atom stereocenters. The van der Waals surface area contributed by atoms with E-state index >= 15 is 0 Å². The molecule has 190 valence electrons. The van der Waals surface area contributed by atoms with Crippen molar-refractivity contribution >= 4 is 18.0 Å². The lowest BCUT2D eigenvalue weighted by atomic mass is 9.99. The van der Waals surface area contributed by atoms with Gasteiger partial charge in [-0.15, -0.1) is 0 Å². The molecule has 0 aliphatic carbocycles. The molecule has 0 aromatic heterocycles. The number of nitrogens with one attached hydrogen (secondary N) is 1. The van der Waals surface area contributed by atoms with Crippen LogP contribution in [0.4, 0.5) is 4.39 Å². The third-order valence-corrected chi connectivity index (χ3v) is 6.39. The van der Waals surface area contributed by atoms with Gasteiger partial charge in [-0.05, 0) is 13.3 Å². The number of hydrogen-bond acceptors (Lipinski definition) is 10. The highest BCUT2D eigenvalue weighted by Gasteiger charge is 2.32. The molecule has 11 heteroatoms. The van der Waals surface area contributed by atoms with Gasteiger partial charge in [0.15, 0.2) is 0 Å². The number of guanidine groups is 1. The Morgan fingerprint density at radius 2 is 2.15 bits per heavy atom. The Kier molecular flexibility index (Phi) is 9.57. The molecule has 0 bridgehead atoms. The fourth-order valence-corrected chi connectivity index (χ4v) is 3.94. The Bertz CT molecular complexity index is 839. The molecule has 0 saturated carbocycles. The molecule has 0 spiro atoms. The SMILES string of the molecule is C=C1/N=C(N[C@@H]2COCC[C@@H]2N)\N=C/[C@H]([C@H](C/C(F)=C(\C)OC)OC)C/N=C\1N1CC(OC)C1. The first kappa shape index (κ1) is 26.3. The number of hydrogen-bond donors (Lipinski definition) is 2. The predicted molar refractivity (Wildman–Crippen MR) is 130 cm³/mol. The lowest BCUT2D eigenvalue weighted by Crippen LogP contribution is -2.55. The molecule has 0 amide bonds. The highest BCUT2D eigenvalue weighted by Crippen LogP contribution is 2.22. The summed E-state index contributed by atoms with van der Waals surface area (Å²) < 4.78 is 36.2. The average molecular weight is 481 g/mol. The zero-order valence-electron chi connectivity index (χ0n) is 20.5. The first-order valence-corrected chi connectivity index (χ1v) is 11.5. The molecule has 3 aliphatic rings. The van der Waals surface area contributed by atoms with Crippen molar-refractivity contribution in [1.29, 1.82) is 0 Å². The van der Waals surface area contributed by atoms with Crippen molar-refractivity contribution in [2.45, 2.75) is 44.1 Å². The van der Waals surface area contributed by atoms with Crippen molar-refractivity contribution in [3.8, 4) is 0 Å². The van der Waals surface area contributed by atoms with Crippen molar-refractivity contribution in [3.63, 3.8) is 0 Å². The summed E-state index contributed by atoms with van der Waals surface area (Å²) in [4.78, 5) is 16.1. The van der Waals surface area contributed by atoms with Gasteiger partial charge >= 0.3 is 0 Å². The maximum absolute atomic E-state index is 14.6. The van der Waals surface area contributed by atoms with E-state index in [0.29, 0.717) is 50.3 Å². The van der Waals surface area contributed by atoms with Gasteiger partial charge < -0.3 is 34.9 Å². The third-order valence-electron chi connectivity index (χ3n) is 6.39. The van der Waals surface area contributed by atoms with Crippen LogP contribution in [0.5, 0.6) is 0 Å². The number of methoxy groups -OCH3 is 3. The maximum Gasteiger partial charge on any atom is 0.223 e. The van der Waals surface area contributed by atoms with Gasteiger partial charge in [0, 0.05) is 58.5 Å². The largest absolute Gasteiger partial charge is 0.499 e. The molecule has 3 heterocycles. The number of rotatable bonds is 7. The predicted octanol–water partition coefficient (Wildman–Crippen LogP) is 1.24. The van der Waals surface area contributed by atoms with Crippen LogP contribution in [-0.4, -0.2) is 101 Å². The second-order valence-corrected chi connectivity index (χ2v) is 8.67. The van der Waals surface area contributed by atoms with Crippen LogP contribution in [0.25, 0.3) is 0 Å². The van der Waals surface area contributed by atoms with Crippen LogP contribution < -0.4 is 11.1 Å². The van der Waals surface area contributed by atoms with E-state index in [1.807, 2.05) is 0 Å². The van der Waals surface area contributed by atoms with E-state index in [2.05, 4.69) is 26.8 Å². The summed E-state index contributed by atoms with van der Waals surface area (Å²) in [6.07, 6.45) is 2.12. The fourth-order valence-electron chi connectivity index (χ4n) is 3.94. The van der Waals surface area contributed by atoms with Gasteiger partial charge in [-0.25, -0.2) is 14.4 Å². The van der Waals surface area contributed by atoms with E-state index in [9.17, 15) is 4.39 Å². The Morgan fingerprint density at radius 1 is 1.38 bits per heavy atom. The van der Waals surface area contributed by atoms with Crippen LogP contribution in [0, 0.1) is 5.92 Å². The molecule has 2 saturated heterocycles. The molecule has 34 heavy (non-hydrogen) atoms. The van der Waals surface area contributed by atoms with Crippen LogP contribution in [0.3, 0.4) is 0 Å². The van der Waals surface area contributed by atoms with Gasteiger partial charge in [0.05, 0.1) is 38.5 Å². The van der Waals surface area contributed by atoms with Gasteiger partial charge in [0.2, 0.25) is 5.96 Å². The molecule has 2 fully saturated rings. The number of nitrogens with zero attached hydrogens (tertiary/aromatic N) is 4. The number of aliphatic imine (C=N–C) groups is 3. The van der Waals surface area contributed by atoms with Gasteiger partial charge in [-0.3, -0.25) is 4.99 Å². The molecular weight excluding hydrogens is 443 g/mol. The molecule has 0 aromatic rings. The molecule has 0 unspecified atom stereocenters. The molecule has 3 rings (SSSR count). The minimum Gasteiger partial charge on any atom is -0.499 e. The van der Waals surface area contributed by atoms with Crippen LogP contribution >= 0.6 is 0 Å². The maximum atomic E-state index is 14.6. The number of ether oxygens (including phenoxy) is 4. The highest BCUT2D eigenvalue weighted by molar-refractivity contribution is 6.02. The standard InChI is InChI=1S/C23H37FN6O4/c1-14-22(30-11-17(12-30)32-4)26-9-16(21(33-5)8-18(24)15(2)31-3)10-27-23(28-14)29-20-13-34-7-6-19(20)25/h10,16-17,19-21H,1,6-9,11-13,25H2,2-5H3,(H,28,29)/b18-15-,26-22+,27-10-/t16-,19+,20-,21+/m1/s1. The summed E-state index contributed by atoms with van der Waals surface area (Å²) in [5.74, 6) is 0.550. The number of likely N-dealkylation sites (tertiary alicyclic amines) is 1. The van der Waals surface area contributed by atoms with E-state index < -0.39 is 6.10 Å². The summed E-state index contributed by atoms with van der Waals surface area (Å²) in [5.41, 5.74) is 6.75. The smallest absolute Gasteiger partial charge is 0.223 e. The van der Waals surface area contributed by atoms with Crippen molar-refractivity contribution in [2.24, 2.45) is 26.6 Å². The second kappa shape index (κ2) is 12.4. The zero-order chi connectivity index (χ0) is 24.7. The summed E-state index contributed by atoms with van der Waals surface area (Å²) in [6.45, 7) is 8.52. The summed E-state index contributed by atoms with van der Waals surface area (Å²) >= 11 is 0. The number of halogens is 1. The molecular formula is C23H37FN6O4. The average Bonchev–Trinajstić information content (AvgIpc) is 2.87. The first-order valence-electron chi connectivity index (χ1n) is 11.5. The monoisotopic (exact) mass is 480 g/mol. The van der Waals surface area contributed by atoms with E-state index in [-0.39, 0.29) is 42.1 Å². The van der Waals surface area contributed by atoms with Crippen molar-refractivity contribution < 1.29 is 23.3 Å². The van der Waals surface area contributed by atoms with E-state index in [4.69, 9.17) is 29.7 Å². The quantitative estimate of drug-likeness (QED) is 0.527. The first-order chi connectivity index (χ1) is 16.4. The molecule has 10 nitrogen and oxygen atoms in total. The van der Waals surface area contributed by atoms with Gasteiger partial charge in [-0.1, -0.05) is 6.58 Å². The fraction of sp³-hybridized carbons (Fsp3) is 0.696. The lowest BCUT2D eigenvalue weighted by Gasteiger charge is -2.40. The third kappa shape index (κ3) is 6.62. The van der Waals surface area contributed by atoms with Crippen molar-refractivity contribution in [1.82, 2.24) is 10.2 Å². The topological polar surface area (TPSA) is 115 Å². The summed E-state index contributed by atoms with van der Waals surface area (Å²) in [7, 11) is 4.68. The van der Waals surface area contributed by atoms with Crippen LogP contribution in [-0.2, 0) is 18.9 Å². The lowest BCUT2D eigenvalue weighted by molar-refractivity contribution is 0.00576. The van der Waals surface area contributed by atoms with Gasteiger partial charge in [0.1, 0.15) is 23.1 Å². The normalized spacial score (nSPS) is 32.0.